The predicted octanol–water partition coefficient (Wildman–Crippen LogP) is 0.285. The van der Waals surface area contributed by atoms with E-state index in [1.54, 1.807) is 0 Å². The van der Waals surface area contributed by atoms with Gasteiger partial charge >= 0.3 is 6.09 Å². The molecule has 0 atom stereocenters. The van der Waals surface area contributed by atoms with Gasteiger partial charge in [0.05, 0.1) is 0 Å². The first-order valence-electron chi connectivity index (χ1n) is 4.48. The summed E-state index contributed by atoms with van der Waals surface area (Å²) in [6.45, 7) is 0.999. The lowest BCUT2D eigenvalue weighted by molar-refractivity contribution is -0.386. The van der Waals surface area contributed by atoms with Gasteiger partial charge in [-0.05, 0) is 5.56 Å². The molecule has 4 heteroatoms. The highest BCUT2D eigenvalue weighted by Gasteiger charge is 2.03. The van der Waals surface area contributed by atoms with Crippen molar-refractivity contribution in [1.29, 1.82) is 0 Å². The zero-order chi connectivity index (χ0) is 10.4. The van der Waals surface area contributed by atoms with E-state index in [1.165, 1.54) is 7.05 Å². The van der Waals surface area contributed by atoms with Crippen molar-refractivity contribution in [3.05, 3.63) is 35.4 Å². The molecule has 0 saturated carbocycles. The third-order valence-electron chi connectivity index (χ3n) is 1.95. The Balaban J connectivity index is 2.61. The molecule has 1 aromatic carbocycles. The highest BCUT2D eigenvalue weighted by Crippen LogP contribution is 2.08. The monoisotopic (exact) mass is 195 g/mol. The quantitative estimate of drug-likeness (QED) is 0.727. The Morgan fingerprint density at radius 2 is 2.07 bits per heavy atom. The van der Waals surface area contributed by atoms with Crippen LogP contribution in [0.2, 0.25) is 0 Å². The van der Waals surface area contributed by atoms with E-state index in [0.29, 0.717) is 13.2 Å². The minimum atomic E-state index is -0.413. The van der Waals surface area contributed by atoms with Crippen molar-refractivity contribution in [3.63, 3.8) is 0 Å². The summed E-state index contributed by atoms with van der Waals surface area (Å²) >= 11 is 0. The molecule has 0 heterocycles. The van der Waals surface area contributed by atoms with Crippen LogP contribution < -0.4 is 11.1 Å². The Morgan fingerprint density at radius 1 is 1.43 bits per heavy atom. The zero-order valence-electron chi connectivity index (χ0n) is 8.25. The molecule has 14 heavy (non-hydrogen) atoms. The van der Waals surface area contributed by atoms with Gasteiger partial charge < -0.3 is 15.8 Å². The molecule has 0 unspecified atom stereocenters. The number of carbonyl (C=O) groups is 1. The molecular formula is C10H15N2O2+. The summed E-state index contributed by atoms with van der Waals surface area (Å²) in [6, 6.07) is 7.78. The third kappa shape index (κ3) is 2.74. The number of nitrogens with one attached hydrogen (secondary N) is 1. The molecule has 0 radical (unpaired) electrons. The van der Waals surface area contributed by atoms with Crippen LogP contribution in [0.15, 0.2) is 24.3 Å². The summed E-state index contributed by atoms with van der Waals surface area (Å²) in [5.41, 5.74) is 5.92. The third-order valence-corrected chi connectivity index (χ3v) is 1.95. The van der Waals surface area contributed by atoms with E-state index < -0.39 is 6.09 Å². The number of benzene rings is 1. The van der Waals surface area contributed by atoms with Gasteiger partial charge in [-0.15, -0.1) is 0 Å². The van der Waals surface area contributed by atoms with E-state index in [0.717, 1.165) is 11.1 Å². The first kappa shape index (κ1) is 10.5. The molecule has 0 aliphatic carbocycles. The van der Waals surface area contributed by atoms with Crippen molar-refractivity contribution < 1.29 is 15.3 Å². The molecule has 1 rings (SSSR count). The van der Waals surface area contributed by atoms with Gasteiger partial charge in [0.15, 0.2) is 0 Å². The lowest BCUT2D eigenvalue weighted by Gasteiger charge is -2.06. The van der Waals surface area contributed by atoms with Crippen molar-refractivity contribution in [2.45, 2.75) is 13.2 Å². The zero-order valence-corrected chi connectivity index (χ0v) is 8.25. The largest absolute Gasteiger partial charge is 0.445 e. The van der Waals surface area contributed by atoms with Crippen molar-refractivity contribution >= 4 is 6.09 Å². The molecule has 0 fully saturated rings. The van der Waals surface area contributed by atoms with Crippen LogP contribution in [-0.4, -0.2) is 13.1 Å². The number of ether oxygens (including phenoxy) is 1. The number of rotatable bonds is 3. The molecule has 1 amide bonds. The first-order chi connectivity index (χ1) is 6.77. The summed E-state index contributed by atoms with van der Waals surface area (Å²) in [4.78, 5) is 10.8. The van der Waals surface area contributed by atoms with Crippen LogP contribution in [-0.2, 0) is 17.9 Å². The SMILES string of the molecule is CNC(=O)OCc1ccccc1C[NH3+]. The molecule has 4 nitrogen and oxygen atoms in total. The van der Waals surface area contributed by atoms with E-state index in [2.05, 4.69) is 11.1 Å². The smallest absolute Gasteiger partial charge is 0.407 e. The van der Waals surface area contributed by atoms with Crippen LogP contribution in [0.3, 0.4) is 0 Å². The molecule has 0 bridgehead atoms. The number of hydrogen-bond donors (Lipinski definition) is 2. The molecule has 0 spiro atoms. The number of alkyl carbamates (subject to hydrolysis) is 1. The van der Waals surface area contributed by atoms with Crippen LogP contribution in [0, 0.1) is 0 Å². The van der Waals surface area contributed by atoms with Crippen LogP contribution >= 0.6 is 0 Å². The fraction of sp³-hybridized carbons (Fsp3) is 0.300. The number of quaternary nitrogens is 1. The van der Waals surface area contributed by atoms with Crippen molar-refractivity contribution in [2.75, 3.05) is 7.05 Å². The number of amides is 1. The van der Waals surface area contributed by atoms with Gasteiger partial charge in [-0.1, -0.05) is 24.3 Å². The number of carbonyl (C=O) groups excluding carboxylic acids is 1. The van der Waals surface area contributed by atoms with Gasteiger partial charge in [0.25, 0.3) is 0 Å². The maximum atomic E-state index is 10.8. The van der Waals surface area contributed by atoms with Crippen LogP contribution in [0.5, 0.6) is 0 Å². The second-order valence-corrected chi connectivity index (χ2v) is 2.84. The minimum absolute atomic E-state index is 0.297. The van der Waals surface area contributed by atoms with Gasteiger partial charge in [-0.3, -0.25) is 0 Å². The average Bonchev–Trinajstić information content (AvgIpc) is 2.26. The Labute approximate surface area is 83.1 Å². The van der Waals surface area contributed by atoms with Crippen LogP contribution in [0.4, 0.5) is 4.79 Å². The van der Waals surface area contributed by atoms with Crippen LogP contribution in [0.1, 0.15) is 11.1 Å². The molecule has 0 aliphatic heterocycles. The number of hydrogen-bond acceptors (Lipinski definition) is 2. The summed E-state index contributed by atoms with van der Waals surface area (Å²) in [5, 5.41) is 2.40. The Hall–Kier alpha value is -1.55. The fourth-order valence-electron chi connectivity index (χ4n) is 1.16. The summed E-state index contributed by atoms with van der Waals surface area (Å²) in [5.74, 6) is 0. The first-order valence-corrected chi connectivity index (χ1v) is 4.48. The highest BCUT2D eigenvalue weighted by atomic mass is 16.5. The molecule has 0 aliphatic rings. The summed E-state index contributed by atoms with van der Waals surface area (Å²) in [6.07, 6.45) is -0.413. The van der Waals surface area contributed by atoms with Crippen molar-refractivity contribution in [3.8, 4) is 0 Å². The lowest BCUT2D eigenvalue weighted by atomic mass is 10.1. The van der Waals surface area contributed by atoms with Crippen molar-refractivity contribution in [2.24, 2.45) is 0 Å². The summed E-state index contributed by atoms with van der Waals surface area (Å²) < 4.78 is 4.94. The molecule has 1 aromatic rings. The molecule has 76 valence electrons. The van der Waals surface area contributed by atoms with Crippen LogP contribution in [0.25, 0.3) is 0 Å². The minimum Gasteiger partial charge on any atom is -0.445 e. The Bertz CT molecular complexity index is 313. The lowest BCUT2D eigenvalue weighted by Crippen LogP contribution is -2.47. The molecule has 0 saturated heterocycles. The topological polar surface area (TPSA) is 66.0 Å². The molecule has 4 N–H and O–H groups in total. The fourth-order valence-corrected chi connectivity index (χ4v) is 1.16. The van der Waals surface area contributed by atoms with E-state index in [9.17, 15) is 4.79 Å². The van der Waals surface area contributed by atoms with E-state index in [-0.39, 0.29) is 0 Å². The van der Waals surface area contributed by atoms with Gasteiger partial charge in [0.1, 0.15) is 13.2 Å². The van der Waals surface area contributed by atoms with Gasteiger partial charge in [0.2, 0.25) is 0 Å². The van der Waals surface area contributed by atoms with Gasteiger partial charge in [0, 0.05) is 12.6 Å². The Kier molecular flexibility index (Phi) is 3.94. The predicted molar refractivity (Wildman–Crippen MR) is 52.3 cm³/mol. The second kappa shape index (κ2) is 5.24. The maximum absolute atomic E-state index is 10.8. The highest BCUT2D eigenvalue weighted by molar-refractivity contribution is 5.66. The molecular weight excluding hydrogens is 180 g/mol. The van der Waals surface area contributed by atoms with E-state index >= 15 is 0 Å². The van der Waals surface area contributed by atoms with Gasteiger partial charge in [-0.2, -0.15) is 0 Å². The van der Waals surface area contributed by atoms with Crippen molar-refractivity contribution in [1.82, 2.24) is 5.32 Å². The average molecular weight is 195 g/mol. The van der Waals surface area contributed by atoms with E-state index in [4.69, 9.17) is 4.74 Å². The molecule has 0 aromatic heterocycles. The summed E-state index contributed by atoms with van der Waals surface area (Å²) in [7, 11) is 1.54. The van der Waals surface area contributed by atoms with Gasteiger partial charge in [-0.25, -0.2) is 4.79 Å². The van der Waals surface area contributed by atoms with E-state index in [1.807, 2.05) is 24.3 Å². The normalized spacial score (nSPS) is 9.57. The standard InChI is InChI=1S/C10H14N2O2/c1-12-10(13)14-7-9-5-3-2-4-8(9)6-11/h2-5H,6-7,11H2,1H3,(H,12,13)/p+1. The maximum Gasteiger partial charge on any atom is 0.407 e. The second-order valence-electron chi connectivity index (χ2n) is 2.84. The Morgan fingerprint density at radius 3 is 2.64 bits per heavy atom.